The summed E-state index contributed by atoms with van der Waals surface area (Å²) < 4.78 is 3.97. The maximum absolute atomic E-state index is 6.04. The van der Waals surface area contributed by atoms with E-state index in [9.17, 15) is 0 Å². The van der Waals surface area contributed by atoms with E-state index in [1.165, 1.54) is 0 Å². The van der Waals surface area contributed by atoms with Gasteiger partial charge in [0.25, 0.3) is 0 Å². The van der Waals surface area contributed by atoms with Gasteiger partial charge in [-0.25, -0.2) is 9.67 Å². The molecule has 0 unspecified atom stereocenters. The molecule has 0 bridgehead atoms. The summed E-state index contributed by atoms with van der Waals surface area (Å²) in [7, 11) is 0. The lowest BCUT2D eigenvalue weighted by Crippen LogP contribution is -2.47. The van der Waals surface area contributed by atoms with Gasteiger partial charge in [-0.1, -0.05) is 16.8 Å². The summed E-state index contributed by atoms with van der Waals surface area (Å²) in [5, 5.41) is 8.60. The maximum Gasteiger partial charge on any atom is 0.137 e. The molecule has 4 heterocycles. The van der Waals surface area contributed by atoms with Gasteiger partial charge in [0.15, 0.2) is 0 Å². The van der Waals surface area contributed by atoms with Crippen LogP contribution in [0, 0.1) is 0 Å². The smallest absolute Gasteiger partial charge is 0.137 e. The highest BCUT2D eigenvalue weighted by atomic mass is 35.5. The Morgan fingerprint density at radius 3 is 3.00 bits per heavy atom. The number of halogens is 1. The fourth-order valence-corrected chi connectivity index (χ4v) is 2.76. The zero-order valence-electron chi connectivity index (χ0n) is 10.7. The molecule has 0 N–H and O–H groups in total. The van der Waals surface area contributed by atoms with Crippen molar-refractivity contribution in [1.82, 2.24) is 29.3 Å². The zero-order valence-corrected chi connectivity index (χ0v) is 11.5. The van der Waals surface area contributed by atoms with Crippen molar-refractivity contribution < 1.29 is 0 Å². The molecule has 1 saturated heterocycles. The molecule has 1 aliphatic rings. The molecular weight excluding hydrogens is 276 g/mol. The van der Waals surface area contributed by atoms with Gasteiger partial charge in [-0.3, -0.25) is 4.90 Å². The molecule has 0 spiro atoms. The van der Waals surface area contributed by atoms with Crippen LogP contribution in [-0.2, 0) is 6.54 Å². The maximum atomic E-state index is 6.04. The number of likely N-dealkylation sites (tertiary alicyclic amines) is 1. The van der Waals surface area contributed by atoms with E-state index in [2.05, 4.69) is 20.2 Å². The molecule has 0 radical (unpaired) electrons. The molecule has 0 saturated carbocycles. The number of fused-ring (bicyclic) bond motifs is 1. The van der Waals surface area contributed by atoms with Crippen LogP contribution >= 0.6 is 11.6 Å². The Kier molecular flexibility index (Phi) is 2.71. The fourth-order valence-electron chi connectivity index (χ4n) is 2.60. The largest absolute Gasteiger partial charge is 0.301 e. The molecule has 0 amide bonds. The van der Waals surface area contributed by atoms with E-state index in [4.69, 9.17) is 11.6 Å². The van der Waals surface area contributed by atoms with Crippen LogP contribution in [0.15, 0.2) is 36.9 Å². The third-order valence-corrected chi connectivity index (χ3v) is 3.91. The molecule has 0 atom stereocenters. The molecule has 6 nitrogen and oxygen atoms in total. The Balaban J connectivity index is 1.48. The predicted octanol–water partition coefficient (Wildman–Crippen LogP) is 1.64. The second kappa shape index (κ2) is 4.57. The number of rotatable bonds is 3. The van der Waals surface area contributed by atoms with Crippen molar-refractivity contribution >= 4 is 17.2 Å². The van der Waals surface area contributed by atoms with Crippen molar-refractivity contribution in [3.63, 3.8) is 0 Å². The summed E-state index contributed by atoms with van der Waals surface area (Å²) in [5.74, 6) is 0. The SMILES string of the molecule is Clc1ccc2ncc(CN3CC(n4ccnn4)C3)n2c1. The van der Waals surface area contributed by atoms with Crippen molar-refractivity contribution in [3.8, 4) is 0 Å². The summed E-state index contributed by atoms with van der Waals surface area (Å²) in [6.07, 6.45) is 7.45. The monoisotopic (exact) mass is 288 g/mol. The van der Waals surface area contributed by atoms with Crippen LogP contribution in [0.2, 0.25) is 5.02 Å². The number of pyridine rings is 1. The summed E-state index contributed by atoms with van der Waals surface area (Å²) in [6, 6.07) is 4.22. The lowest BCUT2D eigenvalue weighted by atomic mass is 10.1. The van der Waals surface area contributed by atoms with Gasteiger partial charge in [0.05, 0.1) is 29.2 Å². The van der Waals surface area contributed by atoms with Crippen LogP contribution in [0.3, 0.4) is 0 Å². The molecule has 1 fully saturated rings. The molecule has 0 aromatic carbocycles. The van der Waals surface area contributed by atoms with E-state index in [0.29, 0.717) is 6.04 Å². The second-order valence-corrected chi connectivity index (χ2v) is 5.49. The Morgan fingerprint density at radius 2 is 2.20 bits per heavy atom. The van der Waals surface area contributed by atoms with Crippen LogP contribution in [-0.4, -0.2) is 42.4 Å². The topological polar surface area (TPSA) is 51.2 Å². The average Bonchev–Trinajstić information content (AvgIpc) is 3.02. The van der Waals surface area contributed by atoms with Crippen molar-refractivity contribution in [3.05, 3.63) is 47.6 Å². The lowest BCUT2D eigenvalue weighted by Gasteiger charge is -2.38. The van der Waals surface area contributed by atoms with Gasteiger partial charge in [0.1, 0.15) is 5.65 Å². The van der Waals surface area contributed by atoms with Crippen LogP contribution in [0.4, 0.5) is 0 Å². The molecule has 7 heteroatoms. The summed E-state index contributed by atoms with van der Waals surface area (Å²) in [5.41, 5.74) is 2.08. The molecule has 20 heavy (non-hydrogen) atoms. The number of aromatic nitrogens is 5. The van der Waals surface area contributed by atoms with E-state index >= 15 is 0 Å². The second-order valence-electron chi connectivity index (χ2n) is 5.06. The van der Waals surface area contributed by atoms with E-state index in [-0.39, 0.29) is 0 Å². The van der Waals surface area contributed by atoms with Gasteiger partial charge in [-0.05, 0) is 12.1 Å². The molecular formula is C13H13ClN6. The van der Waals surface area contributed by atoms with Crippen molar-refractivity contribution in [2.45, 2.75) is 12.6 Å². The molecule has 1 aliphatic heterocycles. The van der Waals surface area contributed by atoms with Crippen molar-refractivity contribution in [2.75, 3.05) is 13.1 Å². The van der Waals surface area contributed by atoms with Crippen LogP contribution in [0.1, 0.15) is 11.7 Å². The quantitative estimate of drug-likeness (QED) is 0.735. The van der Waals surface area contributed by atoms with Gasteiger partial charge >= 0.3 is 0 Å². The van der Waals surface area contributed by atoms with Crippen LogP contribution < -0.4 is 0 Å². The van der Waals surface area contributed by atoms with Gasteiger partial charge in [-0.15, -0.1) is 5.10 Å². The standard InChI is InChI=1S/C13H13ClN6/c14-10-1-2-13-15-5-11(19(13)6-10)7-18-8-12(9-18)20-4-3-16-17-20/h1-6,12H,7-9H2. The lowest BCUT2D eigenvalue weighted by molar-refractivity contribution is 0.0880. The minimum atomic E-state index is 0.431. The van der Waals surface area contributed by atoms with Gasteiger partial charge < -0.3 is 4.40 Å². The Hall–Kier alpha value is -1.92. The molecule has 0 aliphatic carbocycles. The third kappa shape index (κ3) is 1.97. The van der Waals surface area contributed by atoms with Crippen LogP contribution in [0.5, 0.6) is 0 Å². The highest BCUT2D eigenvalue weighted by Crippen LogP contribution is 2.23. The fraction of sp³-hybridized carbons (Fsp3) is 0.308. The zero-order chi connectivity index (χ0) is 13.5. The molecule has 3 aromatic rings. The Labute approximate surface area is 120 Å². The molecule has 4 rings (SSSR count). The van der Waals surface area contributed by atoms with Gasteiger partial charge in [-0.2, -0.15) is 0 Å². The normalized spacial score (nSPS) is 16.6. The highest BCUT2D eigenvalue weighted by molar-refractivity contribution is 6.30. The minimum absolute atomic E-state index is 0.431. The summed E-state index contributed by atoms with van der Waals surface area (Å²) in [4.78, 5) is 6.75. The predicted molar refractivity (Wildman–Crippen MR) is 74.5 cm³/mol. The number of hydrogen-bond donors (Lipinski definition) is 0. The molecule has 3 aromatic heterocycles. The summed E-state index contributed by atoms with van der Waals surface area (Å²) in [6.45, 7) is 2.83. The van der Waals surface area contributed by atoms with E-state index in [1.54, 1.807) is 6.20 Å². The van der Waals surface area contributed by atoms with Gasteiger partial charge in [0, 0.05) is 32.0 Å². The van der Waals surface area contributed by atoms with Crippen LogP contribution in [0.25, 0.3) is 5.65 Å². The Bertz CT molecular complexity index is 728. The number of hydrogen-bond acceptors (Lipinski definition) is 4. The third-order valence-electron chi connectivity index (χ3n) is 3.68. The Morgan fingerprint density at radius 1 is 1.30 bits per heavy atom. The average molecular weight is 289 g/mol. The summed E-state index contributed by atoms with van der Waals surface area (Å²) >= 11 is 6.04. The highest BCUT2D eigenvalue weighted by Gasteiger charge is 2.29. The number of imidazole rings is 1. The first-order chi connectivity index (χ1) is 9.79. The van der Waals surface area contributed by atoms with Crippen molar-refractivity contribution in [1.29, 1.82) is 0 Å². The molecule has 102 valence electrons. The first-order valence-electron chi connectivity index (χ1n) is 6.49. The first kappa shape index (κ1) is 11.9. The van der Waals surface area contributed by atoms with Crippen molar-refractivity contribution in [2.24, 2.45) is 0 Å². The number of nitrogens with zero attached hydrogens (tertiary/aromatic N) is 6. The van der Waals surface area contributed by atoms with E-state index in [0.717, 1.165) is 36.0 Å². The van der Waals surface area contributed by atoms with E-state index < -0.39 is 0 Å². The minimum Gasteiger partial charge on any atom is -0.301 e. The van der Waals surface area contributed by atoms with Gasteiger partial charge in [0.2, 0.25) is 0 Å². The van der Waals surface area contributed by atoms with E-state index in [1.807, 2.05) is 39.8 Å². The first-order valence-corrected chi connectivity index (χ1v) is 6.87.